The number of benzene rings is 3. The summed E-state index contributed by atoms with van der Waals surface area (Å²) in [7, 11) is 0. The topological polar surface area (TPSA) is 98.7 Å². The summed E-state index contributed by atoms with van der Waals surface area (Å²) in [6, 6.07) is 21.9. The monoisotopic (exact) mass is 607 g/mol. The molecule has 0 aromatic heterocycles. The first-order valence-electron chi connectivity index (χ1n) is 13.2. The third kappa shape index (κ3) is 4.35. The summed E-state index contributed by atoms with van der Waals surface area (Å²) >= 11 is 5.37. The van der Waals surface area contributed by atoms with Crippen LogP contribution in [0, 0.1) is 11.8 Å². The number of hydrogen-bond donors (Lipinski definition) is 3. The van der Waals surface area contributed by atoms with Gasteiger partial charge in [0, 0.05) is 22.3 Å². The molecule has 3 aromatic rings. The lowest BCUT2D eigenvalue weighted by Crippen LogP contribution is -2.54. The second-order valence-corrected chi connectivity index (χ2v) is 13.4. The number of aliphatic hydroxyl groups is 1. The molecule has 1 spiro atoms. The Hall–Kier alpha value is -2.88. The molecule has 39 heavy (non-hydrogen) atoms. The Kier molecular flexibility index (Phi) is 6.93. The molecule has 7 nitrogen and oxygen atoms in total. The number of carbonyl (C=O) groups is 3. The molecular formula is C30H30BrN3O4S. The van der Waals surface area contributed by atoms with Crippen molar-refractivity contribution in [1.29, 1.82) is 0 Å². The molecule has 3 amide bonds. The molecular weight excluding hydrogens is 578 g/mol. The van der Waals surface area contributed by atoms with Gasteiger partial charge in [0.1, 0.15) is 6.04 Å². The Morgan fingerprint density at radius 3 is 2.54 bits per heavy atom. The number of halogens is 1. The van der Waals surface area contributed by atoms with E-state index in [-0.39, 0.29) is 34.4 Å². The van der Waals surface area contributed by atoms with E-state index in [0.717, 1.165) is 16.3 Å². The quantitative estimate of drug-likeness (QED) is 0.353. The fourth-order valence-electron chi connectivity index (χ4n) is 6.61. The largest absolute Gasteiger partial charge is 0.394 e. The van der Waals surface area contributed by atoms with Crippen molar-refractivity contribution in [1.82, 2.24) is 10.2 Å². The number of likely N-dealkylation sites (tertiary alicyclic amines) is 1. The number of thioether (sulfide) groups is 1. The summed E-state index contributed by atoms with van der Waals surface area (Å²) in [6.07, 6.45) is 0.589. The number of carbonyl (C=O) groups excluding carboxylic acids is 3. The van der Waals surface area contributed by atoms with Gasteiger partial charge in [0.25, 0.3) is 0 Å². The molecule has 3 aliphatic heterocycles. The first-order valence-corrected chi connectivity index (χ1v) is 15.0. The highest BCUT2D eigenvalue weighted by atomic mass is 79.9. The minimum atomic E-state index is -0.814. The van der Waals surface area contributed by atoms with Crippen LogP contribution >= 0.6 is 27.7 Å². The van der Waals surface area contributed by atoms with Gasteiger partial charge in [0.05, 0.1) is 29.2 Å². The van der Waals surface area contributed by atoms with Gasteiger partial charge in [-0.05, 0) is 41.8 Å². The minimum Gasteiger partial charge on any atom is -0.394 e. The number of nitrogens with zero attached hydrogens (tertiary/aromatic N) is 1. The molecule has 202 valence electrons. The molecule has 2 bridgehead atoms. The van der Waals surface area contributed by atoms with Crippen LogP contribution in [0.2, 0.25) is 0 Å². The Balaban J connectivity index is 1.32. The SMILES string of the molecule is C[C@H](CO)N1C(=O)[C@@H]2[C@H](C(=O)NCc3ccccc3)[C@H]3SC2(CC3Br)C1C(=O)Nc1ccc2ccccc2c1. The fraction of sp³-hybridized carbons (Fsp3) is 0.367. The summed E-state index contributed by atoms with van der Waals surface area (Å²) in [4.78, 5) is 43.2. The van der Waals surface area contributed by atoms with E-state index < -0.39 is 28.7 Å². The van der Waals surface area contributed by atoms with Crippen LogP contribution in [-0.4, -0.2) is 61.2 Å². The smallest absolute Gasteiger partial charge is 0.248 e. The van der Waals surface area contributed by atoms with Crippen molar-refractivity contribution in [3.05, 3.63) is 78.4 Å². The highest BCUT2D eigenvalue weighted by Gasteiger charge is 2.76. The first kappa shape index (κ1) is 26.3. The second kappa shape index (κ2) is 10.3. The van der Waals surface area contributed by atoms with E-state index in [1.54, 1.807) is 18.7 Å². The Morgan fingerprint density at radius 1 is 1.08 bits per heavy atom. The maximum absolute atomic E-state index is 14.0. The van der Waals surface area contributed by atoms with Crippen molar-refractivity contribution < 1.29 is 19.5 Å². The maximum atomic E-state index is 14.0. The molecule has 3 heterocycles. The lowest BCUT2D eigenvalue weighted by Gasteiger charge is -2.36. The maximum Gasteiger partial charge on any atom is 0.248 e. The Bertz CT molecular complexity index is 1440. The van der Waals surface area contributed by atoms with Gasteiger partial charge in [-0.3, -0.25) is 14.4 Å². The molecule has 9 heteroatoms. The number of aliphatic hydroxyl groups excluding tert-OH is 1. The summed E-state index contributed by atoms with van der Waals surface area (Å²) in [5, 5.41) is 18.1. The summed E-state index contributed by atoms with van der Waals surface area (Å²) in [6.45, 7) is 1.85. The zero-order valence-electron chi connectivity index (χ0n) is 21.4. The molecule has 3 unspecified atom stereocenters. The van der Waals surface area contributed by atoms with Crippen molar-refractivity contribution in [3.8, 4) is 0 Å². The van der Waals surface area contributed by atoms with Crippen LogP contribution in [0.15, 0.2) is 72.8 Å². The van der Waals surface area contributed by atoms with E-state index in [2.05, 4.69) is 26.6 Å². The molecule has 3 N–H and O–H groups in total. The third-order valence-corrected chi connectivity index (χ3v) is 11.6. The molecule has 0 saturated carbocycles. The van der Waals surface area contributed by atoms with Gasteiger partial charge in [-0.2, -0.15) is 0 Å². The van der Waals surface area contributed by atoms with E-state index in [0.29, 0.717) is 18.7 Å². The number of nitrogens with one attached hydrogen (secondary N) is 2. The van der Waals surface area contributed by atoms with E-state index >= 15 is 0 Å². The number of anilines is 1. The van der Waals surface area contributed by atoms with Crippen LogP contribution in [0.5, 0.6) is 0 Å². The average Bonchev–Trinajstić information content (AvgIpc) is 3.55. The zero-order valence-corrected chi connectivity index (χ0v) is 23.8. The molecule has 3 aliphatic rings. The van der Waals surface area contributed by atoms with Crippen molar-refractivity contribution in [2.45, 2.75) is 46.8 Å². The summed E-state index contributed by atoms with van der Waals surface area (Å²) in [5.41, 5.74) is 1.63. The van der Waals surface area contributed by atoms with Gasteiger partial charge >= 0.3 is 0 Å². The first-order chi connectivity index (χ1) is 18.8. The highest BCUT2D eigenvalue weighted by Crippen LogP contribution is 2.68. The standard InChI is InChI=1S/C30H30BrN3O4S/c1-17(16-35)34-26(28(37)33-21-12-11-19-9-5-6-10-20(19)13-21)30-14-22(31)25(39-30)23(24(30)29(34)38)27(36)32-15-18-7-3-2-4-8-18/h2-13,17,22-26,35H,14-16H2,1H3,(H,32,36)(H,33,37)/t17-,22?,23+,24+,25+,26?,30?/m1/s1. The Labute approximate surface area is 239 Å². The highest BCUT2D eigenvalue weighted by molar-refractivity contribution is 9.09. The van der Waals surface area contributed by atoms with E-state index in [1.165, 1.54) is 4.90 Å². The van der Waals surface area contributed by atoms with E-state index in [4.69, 9.17) is 0 Å². The normalized spacial score (nSPS) is 29.9. The van der Waals surface area contributed by atoms with Gasteiger partial charge in [0.2, 0.25) is 17.7 Å². The predicted molar refractivity (Wildman–Crippen MR) is 156 cm³/mol. The van der Waals surface area contributed by atoms with Crippen molar-refractivity contribution in [2.75, 3.05) is 11.9 Å². The number of amides is 3. The Morgan fingerprint density at radius 2 is 1.79 bits per heavy atom. The molecule has 3 fully saturated rings. The van der Waals surface area contributed by atoms with Crippen LogP contribution in [0.4, 0.5) is 5.69 Å². The number of fused-ring (bicyclic) bond motifs is 2. The molecule has 6 rings (SSSR count). The van der Waals surface area contributed by atoms with Gasteiger partial charge in [0.15, 0.2) is 0 Å². The third-order valence-electron chi connectivity index (χ3n) is 8.34. The van der Waals surface area contributed by atoms with Gasteiger partial charge in [-0.25, -0.2) is 0 Å². The van der Waals surface area contributed by atoms with Crippen LogP contribution in [0.1, 0.15) is 18.9 Å². The van der Waals surface area contributed by atoms with Gasteiger partial charge < -0.3 is 20.6 Å². The number of alkyl halides is 1. The summed E-state index contributed by atoms with van der Waals surface area (Å²) in [5.74, 6) is -1.91. The number of hydrogen-bond acceptors (Lipinski definition) is 5. The minimum absolute atomic E-state index is 0.0145. The zero-order chi connectivity index (χ0) is 27.3. The number of rotatable bonds is 7. The van der Waals surface area contributed by atoms with Crippen molar-refractivity contribution in [2.24, 2.45) is 11.8 Å². The van der Waals surface area contributed by atoms with Crippen molar-refractivity contribution in [3.63, 3.8) is 0 Å². The molecule has 3 saturated heterocycles. The van der Waals surface area contributed by atoms with Crippen LogP contribution in [-0.2, 0) is 20.9 Å². The second-order valence-electron chi connectivity index (χ2n) is 10.7. The van der Waals surface area contributed by atoms with Crippen LogP contribution < -0.4 is 10.6 Å². The van der Waals surface area contributed by atoms with Crippen LogP contribution in [0.3, 0.4) is 0 Å². The van der Waals surface area contributed by atoms with Gasteiger partial charge in [-0.15, -0.1) is 11.8 Å². The predicted octanol–water partition coefficient (Wildman–Crippen LogP) is 3.94. The average molecular weight is 609 g/mol. The van der Waals surface area contributed by atoms with Gasteiger partial charge in [-0.1, -0.05) is 76.6 Å². The van der Waals surface area contributed by atoms with E-state index in [1.807, 2.05) is 72.8 Å². The molecule has 7 atom stereocenters. The summed E-state index contributed by atoms with van der Waals surface area (Å²) < 4.78 is -0.769. The fourth-order valence-corrected chi connectivity index (χ4v) is 10.2. The lowest BCUT2D eigenvalue weighted by atomic mass is 9.70. The molecule has 0 radical (unpaired) electrons. The molecule has 3 aromatic carbocycles. The van der Waals surface area contributed by atoms with Crippen LogP contribution in [0.25, 0.3) is 10.8 Å². The lowest BCUT2D eigenvalue weighted by molar-refractivity contribution is -0.141. The van der Waals surface area contributed by atoms with E-state index in [9.17, 15) is 19.5 Å². The molecule has 0 aliphatic carbocycles. The van der Waals surface area contributed by atoms with Crippen molar-refractivity contribution >= 4 is 61.9 Å².